The molecule has 0 saturated carbocycles. The zero-order valence-corrected chi connectivity index (χ0v) is 13.6. The average Bonchev–Trinajstić information content (AvgIpc) is 2.60. The van der Waals surface area contributed by atoms with Crippen LogP contribution < -0.4 is 16.4 Å². The van der Waals surface area contributed by atoms with E-state index in [1.165, 1.54) is 12.1 Å². The van der Waals surface area contributed by atoms with Crippen molar-refractivity contribution in [2.75, 3.05) is 50.3 Å². The van der Waals surface area contributed by atoms with E-state index >= 15 is 0 Å². The topological polar surface area (TPSA) is 79.1 Å². The van der Waals surface area contributed by atoms with E-state index in [9.17, 15) is 4.39 Å². The number of nitrogens with two attached hydrogens (primary N) is 1. The van der Waals surface area contributed by atoms with Crippen LogP contribution in [0.2, 0.25) is 0 Å². The lowest BCUT2D eigenvalue weighted by atomic mass is 10.1. The van der Waals surface area contributed by atoms with Crippen molar-refractivity contribution in [1.82, 2.24) is 20.2 Å². The summed E-state index contributed by atoms with van der Waals surface area (Å²) in [7, 11) is 0. The van der Waals surface area contributed by atoms with Gasteiger partial charge < -0.3 is 21.3 Å². The van der Waals surface area contributed by atoms with Gasteiger partial charge in [0.25, 0.3) is 0 Å². The van der Waals surface area contributed by atoms with E-state index in [4.69, 9.17) is 5.73 Å². The van der Waals surface area contributed by atoms with Crippen LogP contribution in [0.15, 0.2) is 30.5 Å². The van der Waals surface area contributed by atoms with Gasteiger partial charge in [0.2, 0.25) is 5.95 Å². The summed E-state index contributed by atoms with van der Waals surface area (Å²) in [5.74, 6) is 0.571. The molecular weight excluding hydrogens is 307 g/mol. The van der Waals surface area contributed by atoms with Gasteiger partial charge in [-0.15, -0.1) is 0 Å². The Bertz CT molecular complexity index is 672. The van der Waals surface area contributed by atoms with Gasteiger partial charge in [-0.2, -0.15) is 4.98 Å². The van der Waals surface area contributed by atoms with Crippen LogP contribution in [0.25, 0.3) is 11.1 Å². The molecule has 1 aromatic carbocycles. The molecule has 0 radical (unpaired) electrons. The van der Waals surface area contributed by atoms with Gasteiger partial charge in [0.15, 0.2) is 0 Å². The minimum atomic E-state index is -0.283. The lowest BCUT2D eigenvalue weighted by molar-refractivity contribution is 0.240. The van der Waals surface area contributed by atoms with Crippen molar-refractivity contribution in [3.8, 4) is 11.1 Å². The molecule has 6 nitrogen and oxygen atoms in total. The van der Waals surface area contributed by atoms with Gasteiger partial charge in [-0.1, -0.05) is 12.1 Å². The smallest absolute Gasteiger partial charge is 0.221 e. The molecule has 0 aliphatic carbocycles. The van der Waals surface area contributed by atoms with Gasteiger partial charge >= 0.3 is 0 Å². The molecular formula is C17H23FN6. The number of rotatable bonds is 6. The van der Waals surface area contributed by atoms with Crippen LogP contribution in [0, 0.1) is 5.82 Å². The molecule has 3 rings (SSSR count). The summed E-state index contributed by atoms with van der Waals surface area (Å²) < 4.78 is 13.5. The van der Waals surface area contributed by atoms with E-state index in [-0.39, 0.29) is 11.8 Å². The second kappa shape index (κ2) is 8.03. The Morgan fingerprint density at radius 3 is 2.92 bits per heavy atom. The van der Waals surface area contributed by atoms with Crippen molar-refractivity contribution in [2.45, 2.75) is 6.42 Å². The van der Waals surface area contributed by atoms with Crippen LogP contribution in [0.3, 0.4) is 0 Å². The molecule has 1 aromatic heterocycles. The van der Waals surface area contributed by atoms with Crippen molar-refractivity contribution >= 4 is 11.8 Å². The van der Waals surface area contributed by atoms with Crippen LogP contribution in [0.4, 0.5) is 16.2 Å². The Kier molecular flexibility index (Phi) is 5.55. The zero-order valence-electron chi connectivity index (χ0n) is 13.6. The first kappa shape index (κ1) is 16.6. The molecule has 0 spiro atoms. The molecule has 128 valence electrons. The lowest BCUT2D eigenvalue weighted by Gasteiger charge is -2.27. The van der Waals surface area contributed by atoms with Crippen LogP contribution in [-0.4, -0.2) is 54.1 Å². The van der Waals surface area contributed by atoms with Crippen molar-refractivity contribution in [1.29, 1.82) is 0 Å². The van der Waals surface area contributed by atoms with Gasteiger partial charge in [-0.05, 0) is 30.7 Å². The molecule has 1 aliphatic rings. The minimum absolute atomic E-state index is 0.208. The molecule has 4 N–H and O–H groups in total. The average molecular weight is 330 g/mol. The third-order valence-electron chi connectivity index (χ3n) is 4.10. The maximum atomic E-state index is 13.5. The van der Waals surface area contributed by atoms with Crippen molar-refractivity contribution in [3.63, 3.8) is 0 Å². The van der Waals surface area contributed by atoms with Crippen LogP contribution in [0.1, 0.15) is 6.42 Å². The van der Waals surface area contributed by atoms with Crippen LogP contribution in [0.5, 0.6) is 0 Å². The van der Waals surface area contributed by atoms with E-state index in [2.05, 4.69) is 25.5 Å². The normalized spacial score (nSPS) is 15.4. The van der Waals surface area contributed by atoms with Crippen molar-refractivity contribution in [2.24, 2.45) is 0 Å². The molecule has 0 unspecified atom stereocenters. The Morgan fingerprint density at radius 2 is 2.12 bits per heavy atom. The summed E-state index contributed by atoms with van der Waals surface area (Å²) in [6.45, 7) is 6.12. The molecule has 1 saturated heterocycles. The van der Waals surface area contributed by atoms with E-state index in [1.54, 1.807) is 12.3 Å². The standard InChI is InChI=1S/C17H23FN6/c18-14-4-1-3-13(11-14)15-12-22-17(19)23-16(15)21-5-2-8-24-9-6-20-7-10-24/h1,3-4,11-12,20H,2,5-10H2,(H3,19,21,22,23). The molecule has 1 fully saturated rings. The number of nitrogens with zero attached hydrogens (tertiary/aromatic N) is 3. The van der Waals surface area contributed by atoms with E-state index in [0.717, 1.165) is 56.8 Å². The lowest BCUT2D eigenvalue weighted by Crippen LogP contribution is -2.44. The summed E-state index contributed by atoms with van der Waals surface area (Å²) in [4.78, 5) is 10.8. The van der Waals surface area contributed by atoms with Crippen LogP contribution >= 0.6 is 0 Å². The van der Waals surface area contributed by atoms with E-state index in [0.29, 0.717) is 5.82 Å². The number of nitrogens with one attached hydrogen (secondary N) is 2. The first-order chi connectivity index (χ1) is 11.7. The Labute approximate surface area is 141 Å². The van der Waals surface area contributed by atoms with E-state index < -0.39 is 0 Å². The summed E-state index contributed by atoms with van der Waals surface area (Å²) in [6, 6.07) is 6.40. The quantitative estimate of drug-likeness (QED) is 0.698. The summed E-state index contributed by atoms with van der Waals surface area (Å²) in [5.41, 5.74) is 7.20. The fourth-order valence-electron chi connectivity index (χ4n) is 2.84. The second-order valence-corrected chi connectivity index (χ2v) is 5.87. The predicted octanol–water partition coefficient (Wildman–Crippen LogP) is 1.57. The number of piperazine rings is 1. The number of nitrogen functional groups attached to an aromatic ring is 1. The number of benzene rings is 1. The predicted molar refractivity (Wildman–Crippen MR) is 94.3 cm³/mol. The first-order valence-corrected chi connectivity index (χ1v) is 8.28. The third kappa shape index (κ3) is 4.39. The van der Waals surface area contributed by atoms with Gasteiger partial charge in [-0.3, -0.25) is 0 Å². The van der Waals surface area contributed by atoms with Gasteiger partial charge in [0.05, 0.1) is 0 Å². The second-order valence-electron chi connectivity index (χ2n) is 5.87. The Hall–Kier alpha value is -2.25. The monoisotopic (exact) mass is 330 g/mol. The number of anilines is 2. The van der Waals surface area contributed by atoms with Crippen molar-refractivity contribution < 1.29 is 4.39 Å². The largest absolute Gasteiger partial charge is 0.369 e. The molecule has 2 heterocycles. The fraction of sp³-hybridized carbons (Fsp3) is 0.412. The SMILES string of the molecule is Nc1ncc(-c2cccc(F)c2)c(NCCCN2CCNCC2)n1. The Morgan fingerprint density at radius 1 is 1.29 bits per heavy atom. The number of hydrogen-bond acceptors (Lipinski definition) is 6. The highest BCUT2D eigenvalue weighted by Gasteiger charge is 2.11. The number of aromatic nitrogens is 2. The summed E-state index contributed by atoms with van der Waals surface area (Å²) in [5, 5.41) is 6.66. The highest BCUT2D eigenvalue weighted by Crippen LogP contribution is 2.26. The molecule has 24 heavy (non-hydrogen) atoms. The zero-order chi connectivity index (χ0) is 16.8. The minimum Gasteiger partial charge on any atom is -0.369 e. The Balaban J connectivity index is 1.63. The highest BCUT2D eigenvalue weighted by molar-refractivity contribution is 5.75. The van der Waals surface area contributed by atoms with Crippen LogP contribution in [-0.2, 0) is 0 Å². The molecule has 0 atom stereocenters. The summed E-state index contributed by atoms with van der Waals surface area (Å²) in [6.07, 6.45) is 2.64. The molecule has 0 amide bonds. The maximum absolute atomic E-state index is 13.5. The number of hydrogen-bond donors (Lipinski definition) is 3. The van der Waals surface area contributed by atoms with Crippen molar-refractivity contribution in [3.05, 3.63) is 36.3 Å². The molecule has 1 aliphatic heterocycles. The van der Waals surface area contributed by atoms with E-state index in [1.807, 2.05) is 6.07 Å². The maximum Gasteiger partial charge on any atom is 0.221 e. The third-order valence-corrected chi connectivity index (χ3v) is 4.10. The first-order valence-electron chi connectivity index (χ1n) is 8.28. The molecule has 7 heteroatoms. The molecule has 2 aromatic rings. The fourth-order valence-corrected chi connectivity index (χ4v) is 2.84. The summed E-state index contributed by atoms with van der Waals surface area (Å²) >= 11 is 0. The molecule has 0 bridgehead atoms. The number of halogens is 1. The highest BCUT2D eigenvalue weighted by atomic mass is 19.1. The van der Waals surface area contributed by atoms with Gasteiger partial charge in [-0.25, -0.2) is 9.37 Å². The van der Waals surface area contributed by atoms with Gasteiger partial charge in [0.1, 0.15) is 11.6 Å². The van der Waals surface area contributed by atoms with Gasteiger partial charge in [0, 0.05) is 44.5 Å².